The molecule has 3 rings (SSSR count). The highest BCUT2D eigenvalue weighted by molar-refractivity contribution is 6.12. The lowest BCUT2D eigenvalue weighted by Crippen LogP contribution is -2.05. The van der Waals surface area contributed by atoms with Gasteiger partial charge in [-0.25, -0.2) is 14.2 Å². The third-order valence-electron chi connectivity index (χ3n) is 2.70. The van der Waals surface area contributed by atoms with Gasteiger partial charge in [0, 0.05) is 12.4 Å². The number of halogens is 1. The molecule has 0 saturated heterocycles. The molecule has 0 fully saturated rings. The number of rotatable bonds is 2. The first-order valence-electron chi connectivity index (χ1n) is 5.91. The second-order valence-corrected chi connectivity index (χ2v) is 4.13. The lowest BCUT2D eigenvalue weighted by Gasteiger charge is -1.96. The maximum Gasteiger partial charge on any atom is 0.363 e. The lowest BCUT2D eigenvalue weighted by atomic mass is 10.2. The van der Waals surface area contributed by atoms with Crippen molar-refractivity contribution in [3.63, 3.8) is 0 Å². The highest BCUT2D eigenvalue weighted by atomic mass is 19.1. The fourth-order valence-electron chi connectivity index (χ4n) is 1.74. The summed E-state index contributed by atoms with van der Waals surface area (Å²) in [5, 5.41) is 0. The van der Waals surface area contributed by atoms with Crippen LogP contribution in [0.25, 0.3) is 6.08 Å². The van der Waals surface area contributed by atoms with E-state index >= 15 is 0 Å². The molecule has 2 heterocycles. The van der Waals surface area contributed by atoms with E-state index in [4.69, 9.17) is 4.74 Å². The molecule has 98 valence electrons. The number of nitrogens with zero attached hydrogens (tertiary/aromatic N) is 2. The normalized spacial score (nSPS) is 16.1. The minimum absolute atomic E-state index is 0.176. The zero-order valence-electron chi connectivity index (χ0n) is 10.3. The first-order valence-corrected chi connectivity index (χ1v) is 5.91. The molecular weight excluding hydrogens is 259 g/mol. The van der Waals surface area contributed by atoms with Gasteiger partial charge < -0.3 is 4.74 Å². The van der Waals surface area contributed by atoms with Crippen LogP contribution in [0.3, 0.4) is 0 Å². The van der Waals surface area contributed by atoms with Crippen LogP contribution in [-0.4, -0.2) is 16.9 Å². The summed E-state index contributed by atoms with van der Waals surface area (Å²) in [5.74, 6) is -0.648. The maximum atomic E-state index is 12.8. The summed E-state index contributed by atoms with van der Waals surface area (Å²) in [7, 11) is 0. The molecule has 1 aromatic carbocycles. The Labute approximate surface area is 114 Å². The largest absolute Gasteiger partial charge is 0.402 e. The van der Waals surface area contributed by atoms with E-state index in [0.717, 1.165) is 0 Å². The molecule has 0 radical (unpaired) electrons. The average Bonchev–Trinajstić information content (AvgIpc) is 2.84. The number of carbonyl (C=O) groups is 1. The van der Waals surface area contributed by atoms with E-state index in [1.807, 2.05) is 0 Å². The highest BCUT2D eigenvalue weighted by Gasteiger charge is 2.24. The third-order valence-corrected chi connectivity index (χ3v) is 2.70. The Morgan fingerprint density at radius 1 is 1.15 bits per heavy atom. The van der Waals surface area contributed by atoms with Gasteiger partial charge in [-0.2, -0.15) is 0 Å². The van der Waals surface area contributed by atoms with E-state index in [0.29, 0.717) is 11.1 Å². The van der Waals surface area contributed by atoms with Crippen molar-refractivity contribution in [1.82, 2.24) is 4.98 Å². The van der Waals surface area contributed by atoms with Crippen molar-refractivity contribution < 1.29 is 13.9 Å². The summed E-state index contributed by atoms with van der Waals surface area (Å²) in [5.41, 5.74) is 1.48. The van der Waals surface area contributed by atoms with Crippen molar-refractivity contribution in [2.45, 2.75) is 0 Å². The van der Waals surface area contributed by atoms with Crippen LogP contribution < -0.4 is 0 Å². The summed E-state index contributed by atoms with van der Waals surface area (Å²) in [6, 6.07) is 9.24. The number of hydrogen-bond acceptors (Lipinski definition) is 4. The number of cyclic esters (lactones) is 1. The van der Waals surface area contributed by atoms with Crippen LogP contribution in [0.2, 0.25) is 0 Å². The van der Waals surface area contributed by atoms with Crippen molar-refractivity contribution in [3.05, 3.63) is 71.4 Å². The first kappa shape index (κ1) is 12.2. The molecular formula is C15H9FN2O2. The van der Waals surface area contributed by atoms with E-state index in [1.165, 1.54) is 12.1 Å². The van der Waals surface area contributed by atoms with E-state index in [-0.39, 0.29) is 17.4 Å². The van der Waals surface area contributed by atoms with Gasteiger partial charge >= 0.3 is 5.97 Å². The molecule has 0 atom stereocenters. The minimum atomic E-state index is -0.534. The van der Waals surface area contributed by atoms with Crippen LogP contribution in [0.15, 0.2) is 59.5 Å². The van der Waals surface area contributed by atoms with Crippen LogP contribution >= 0.6 is 0 Å². The van der Waals surface area contributed by atoms with Crippen LogP contribution in [0.5, 0.6) is 0 Å². The summed E-state index contributed by atoms with van der Waals surface area (Å²) in [6.07, 6.45) is 4.73. The Hall–Kier alpha value is -2.82. The van der Waals surface area contributed by atoms with Crippen molar-refractivity contribution in [3.8, 4) is 0 Å². The number of ether oxygens (including phenoxy) is 1. The zero-order chi connectivity index (χ0) is 13.9. The summed E-state index contributed by atoms with van der Waals surface area (Å²) in [6.45, 7) is 0. The molecule has 0 spiro atoms. The van der Waals surface area contributed by atoms with Crippen LogP contribution in [-0.2, 0) is 9.53 Å². The van der Waals surface area contributed by atoms with Crippen molar-refractivity contribution >= 4 is 17.9 Å². The molecule has 0 aliphatic carbocycles. The van der Waals surface area contributed by atoms with E-state index in [9.17, 15) is 9.18 Å². The monoisotopic (exact) mass is 268 g/mol. The fourth-order valence-corrected chi connectivity index (χ4v) is 1.74. The molecule has 1 aliphatic rings. The Kier molecular flexibility index (Phi) is 3.09. The molecule has 20 heavy (non-hydrogen) atoms. The van der Waals surface area contributed by atoms with Gasteiger partial charge in [0.15, 0.2) is 5.70 Å². The van der Waals surface area contributed by atoms with E-state index < -0.39 is 5.97 Å². The van der Waals surface area contributed by atoms with E-state index in [1.54, 1.807) is 42.7 Å². The van der Waals surface area contributed by atoms with Gasteiger partial charge in [-0.3, -0.25) is 4.98 Å². The van der Waals surface area contributed by atoms with Crippen molar-refractivity contribution in [1.29, 1.82) is 0 Å². The second-order valence-electron chi connectivity index (χ2n) is 4.13. The quantitative estimate of drug-likeness (QED) is 0.621. The highest BCUT2D eigenvalue weighted by Crippen LogP contribution is 2.18. The fraction of sp³-hybridized carbons (Fsp3) is 0. The smallest absolute Gasteiger partial charge is 0.363 e. The number of aromatic nitrogens is 1. The van der Waals surface area contributed by atoms with Gasteiger partial charge in [-0.1, -0.05) is 12.1 Å². The van der Waals surface area contributed by atoms with Gasteiger partial charge in [-0.05, 0) is 35.9 Å². The average molecular weight is 268 g/mol. The standard InChI is InChI=1S/C15H9FN2O2/c16-12-5-3-10(4-6-12)8-13-15(19)20-14(18-13)11-2-1-7-17-9-11/h1-9H/b13-8+. The van der Waals surface area contributed by atoms with E-state index in [2.05, 4.69) is 9.98 Å². The number of esters is 1. The van der Waals surface area contributed by atoms with Crippen molar-refractivity contribution in [2.24, 2.45) is 4.99 Å². The molecule has 4 nitrogen and oxygen atoms in total. The van der Waals surface area contributed by atoms with Gasteiger partial charge in [0.25, 0.3) is 0 Å². The molecule has 1 aromatic heterocycles. The third kappa shape index (κ3) is 2.47. The van der Waals surface area contributed by atoms with Crippen LogP contribution in [0, 0.1) is 5.82 Å². The minimum Gasteiger partial charge on any atom is -0.402 e. The summed E-state index contributed by atoms with van der Waals surface area (Å²) in [4.78, 5) is 19.8. The van der Waals surface area contributed by atoms with Gasteiger partial charge in [0.1, 0.15) is 5.82 Å². The predicted molar refractivity (Wildman–Crippen MR) is 71.2 cm³/mol. The molecule has 0 bridgehead atoms. The predicted octanol–water partition coefficient (Wildman–Crippen LogP) is 2.57. The number of hydrogen-bond donors (Lipinski definition) is 0. The number of pyridine rings is 1. The van der Waals surface area contributed by atoms with Crippen LogP contribution in [0.1, 0.15) is 11.1 Å². The molecule has 2 aromatic rings. The molecule has 1 aliphatic heterocycles. The molecule has 0 saturated carbocycles. The SMILES string of the molecule is O=C1OC(c2cccnc2)=N/C1=C/c1ccc(F)cc1. The Morgan fingerprint density at radius 2 is 1.95 bits per heavy atom. The Bertz CT molecular complexity index is 706. The maximum absolute atomic E-state index is 12.8. The molecule has 0 unspecified atom stereocenters. The first-order chi connectivity index (χ1) is 9.72. The molecule has 0 amide bonds. The van der Waals surface area contributed by atoms with Gasteiger partial charge in [0.2, 0.25) is 5.90 Å². The topological polar surface area (TPSA) is 51.5 Å². The Balaban J connectivity index is 1.92. The molecule has 5 heteroatoms. The number of carbonyl (C=O) groups excluding carboxylic acids is 1. The van der Waals surface area contributed by atoms with Crippen molar-refractivity contribution in [2.75, 3.05) is 0 Å². The van der Waals surface area contributed by atoms with Crippen LogP contribution in [0.4, 0.5) is 4.39 Å². The van der Waals surface area contributed by atoms with Gasteiger partial charge in [0.05, 0.1) is 5.56 Å². The second kappa shape index (κ2) is 5.05. The summed E-state index contributed by atoms with van der Waals surface area (Å²) >= 11 is 0. The zero-order valence-corrected chi connectivity index (χ0v) is 10.3. The van der Waals surface area contributed by atoms with Gasteiger partial charge in [-0.15, -0.1) is 0 Å². The summed E-state index contributed by atoms with van der Waals surface area (Å²) < 4.78 is 17.9. The molecule has 0 N–H and O–H groups in total. The lowest BCUT2D eigenvalue weighted by molar-refractivity contribution is -0.129. The Morgan fingerprint density at radius 3 is 2.65 bits per heavy atom. The number of aliphatic imine (C=N–C) groups is 1. The number of benzene rings is 1.